The summed E-state index contributed by atoms with van der Waals surface area (Å²) in [7, 11) is -3.75. The van der Waals surface area contributed by atoms with Gasteiger partial charge in [0.15, 0.2) is 5.79 Å². The number of rotatable bonds is 4. The summed E-state index contributed by atoms with van der Waals surface area (Å²) < 4.78 is 39.2. The average molecular weight is 373 g/mol. The highest BCUT2D eigenvalue weighted by atomic mass is 32.2. The van der Waals surface area contributed by atoms with Crippen LogP contribution in [-0.4, -0.2) is 56.8 Å². The van der Waals surface area contributed by atoms with E-state index in [1.807, 2.05) is 0 Å². The minimum atomic E-state index is -3.75. The summed E-state index contributed by atoms with van der Waals surface area (Å²) in [6, 6.07) is 3.85. The molecule has 0 radical (unpaired) electrons. The maximum atomic E-state index is 12.5. The van der Waals surface area contributed by atoms with E-state index in [0.717, 1.165) is 6.26 Å². The highest BCUT2D eigenvalue weighted by Crippen LogP contribution is 2.22. The van der Waals surface area contributed by atoms with Crippen molar-refractivity contribution in [3.8, 4) is 5.75 Å². The fraction of sp³-hybridized carbons (Fsp3) is 0.562. The van der Waals surface area contributed by atoms with Gasteiger partial charge in [-0.05, 0) is 32.9 Å². The second kappa shape index (κ2) is 7.28. The van der Waals surface area contributed by atoms with Crippen LogP contribution in [0.25, 0.3) is 0 Å². The first-order valence-corrected chi connectivity index (χ1v) is 9.56. The first kappa shape index (κ1) is 19.6. The third kappa shape index (κ3) is 5.40. The van der Waals surface area contributed by atoms with Crippen LogP contribution in [0.5, 0.6) is 5.75 Å². The zero-order valence-corrected chi connectivity index (χ0v) is 15.4. The molecule has 1 heterocycles. The number of hydrogen-bond acceptors (Lipinski definition) is 7. The Balaban J connectivity index is 2.22. The van der Waals surface area contributed by atoms with Crippen molar-refractivity contribution in [1.82, 2.24) is 5.32 Å². The lowest BCUT2D eigenvalue weighted by Crippen LogP contribution is -2.48. The Labute approximate surface area is 147 Å². The Kier molecular flexibility index (Phi) is 5.72. The van der Waals surface area contributed by atoms with Crippen LogP contribution in [0.3, 0.4) is 0 Å². The number of phenols is 1. The first-order valence-electron chi connectivity index (χ1n) is 7.74. The van der Waals surface area contributed by atoms with Gasteiger partial charge >= 0.3 is 0 Å². The number of hydrogen-bond donors (Lipinski definition) is 2. The number of benzene rings is 1. The van der Waals surface area contributed by atoms with Gasteiger partial charge in [0.05, 0.1) is 25.5 Å². The van der Waals surface area contributed by atoms with E-state index in [0.29, 0.717) is 5.56 Å². The molecule has 0 unspecified atom stereocenters. The van der Waals surface area contributed by atoms with Crippen molar-refractivity contribution in [2.24, 2.45) is 0 Å². The van der Waals surface area contributed by atoms with Crippen molar-refractivity contribution in [3.05, 3.63) is 29.3 Å². The predicted molar refractivity (Wildman–Crippen MR) is 89.8 cm³/mol. The first-order chi connectivity index (χ1) is 11.5. The molecule has 140 valence electrons. The topological polar surface area (TPSA) is 111 Å². The molecule has 1 aromatic carbocycles. The molecule has 0 bridgehead atoms. The highest BCUT2D eigenvalue weighted by Gasteiger charge is 2.36. The average Bonchev–Trinajstić information content (AvgIpc) is 2.61. The number of ether oxygens (including phenoxy) is 2. The van der Waals surface area contributed by atoms with Crippen molar-refractivity contribution >= 4 is 16.0 Å². The lowest BCUT2D eigenvalue weighted by molar-refractivity contribution is -0.203. The van der Waals surface area contributed by atoms with Gasteiger partial charge in [0.25, 0.3) is 16.0 Å². The van der Waals surface area contributed by atoms with Gasteiger partial charge in [0.1, 0.15) is 11.9 Å². The molecule has 1 aromatic rings. The number of aromatic hydroxyl groups is 1. The lowest BCUT2D eigenvalue weighted by Gasteiger charge is -2.24. The number of nitrogens with one attached hydrogen (secondary N) is 1. The highest BCUT2D eigenvalue weighted by molar-refractivity contribution is 7.86. The second-order valence-electron chi connectivity index (χ2n) is 6.39. The van der Waals surface area contributed by atoms with Gasteiger partial charge in [0, 0.05) is 11.1 Å². The van der Waals surface area contributed by atoms with E-state index < -0.39 is 34.0 Å². The van der Waals surface area contributed by atoms with E-state index in [1.54, 1.807) is 32.9 Å². The maximum absolute atomic E-state index is 12.5. The molecule has 1 aliphatic heterocycles. The number of phenolic OH excluding ortho intramolecular Hbond substituents is 1. The predicted octanol–water partition coefficient (Wildman–Crippen LogP) is 0.927. The molecule has 8 nitrogen and oxygen atoms in total. The molecule has 9 heteroatoms. The number of carbonyl (C=O) groups excluding carboxylic acids is 1. The van der Waals surface area contributed by atoms with Crippen molar-refractivity contribution in [2.45, 2.75) is 38.7 Å². The van der Waals surface area contributed by atoms with E-state index in [-0.39, 0.29) is 24.5 Å². The zero-order valence-electron chi connectivity index (χ0n) is 14.6. The molecule has 0 saturated carbocycles. The van der Waals surface area contributed by atoms with Gasteiger partial charge in [-0.25, -0.2) is 0 Å². The summed E-state index contributed by atoms with van der Waals surface area (Å²) in [5.74, 6) is -1.40. The summed E-state index contributed by atoms with van der Waals surface area (Å²) in [4.78, 5) is 12.5. The Hall–Kier alpha value is -1.68. The molecular formula is C16H23NO7S. The van der Waals surface area contributed by atoms with Crippen LogP contribution in [0.1, 0.15) is 29.8 Å². The van der Waals surface area contributed by atoms with Crippen LogP contribution in [0.2, 0.25) is 0 Å². The van der Waals surface area contributed by atoms with Gasteiger partial charge in [0.2, 0.25) is 0 Å². The zero-order chi connectivity index (χ0) is 18.8. The van der Waals surface area contributed by atoms with Crippen LogP contribution in [0.4, 0.5) is 0 Å². The van der Waals surface area contributed by atoms with Crippen LogP contribution >= 0.6 is 0 Å². The normalized spacial score (nSPS) is 23.7. The molecule has 0 aliphatic carbocycles. The minimum Gasteiger partial charge on any atom is -0.508 e. The van der Waals surface area contributed by atoms with Gasteiger partial charge in [-0.1, -0.05) is 6.07 Å². The third-order valence-corrected chi connectivity index (χ3v) is 4.42. The summed E-state index contributed by atoms with van der Waals surface area (Å²) in [6.45, 7) is 4.94. The minimum absolute atomic E-state index is 0.00170. The van der Waals surface area contributed by atoms with Gasteiger partial charge in [-0.2, -0.15) is 8.42 Å². The Bertz CT molecular complexity index is 745. The maximum Gasteiger partial charge on any atom is 0.264 e. The Morgan fingerprint density at radius 2 is 1.96 bits per heavy atom. The summed E-state index contributed by atoms with van der Waals surface area (Å²) in [5, 5.41) is 12.5. The van der Waals surface area contributed by atoms with E-state index in [9.17, 15) is 18.3 Å². The van der Waals surface area contributed by atoms with Crippen LogP contribution < -0.4 is 5.32 Å². The fourth-order valence-corrected chi connectivity index (χ4v) is 3.05. The molecule has 0 aromatic heterocycles. The van der Waals surface area contributed by atoms with Gasteiger partial charge in [-0.15, -0.1) is 0 Å². The summed E-state index contributed by atoms with van der Waals surface area (Å²) >= 11 is 0. The lowest BCUT2D eigenvalue weighted by atomic mass is 10.1. The van der Waals surface area contributed by atoms with E-state index in [1.165, 1.54) is 6.07 Å². The molecular weight excluding hydrogens is 350 g/mol. The third-order valence-electron chi connectivity index (χ3n) is 3.82. The molecule has 1 saturated heterocycles. The molecule has 2 rings (SSSR count). The number of amides is 1. The molecule has 1 fully saturated rings. The molecule has 2 atom stereocenters. The number of carbonyl (C=O) groups is 1. The molecule has 25 heavy (non-hydrogen) atoms. The summed E-state index contributed by atoms with van der Waals surface area (Å²) in [6.07, 6.45) is 0.000601. The van der Waals surface area contributed by atoms with Crippen molar-refractivity contribution in [3.63, 3.8) is 0 Å². The molecule has 2 N–H and O–H groups in total. The smallest absolute Gasteiger partial charge is 0.264 e. The molecule has 1 amide bonds. The van der Waals surface area contributed by atoms with Gasteiger partial charge < -0.3 is 19.9 Å². The van der Waals surface area contributed by atoms with E-state index >= 15 is 0 Å². The molecule has 1 aliphatic rings. The van der Waals surface area contributed by atoms with E-state index in [4.69, 9.17) is 13.7 Å². The Morgan fingerprint density at radius 1 is 1.32 bits per heavy atom. The summed E-state index contributed by atoms with van der Waals surface area (Å²) in [5.41, 5.74) is 0.703. The largest absolute Gasteiger partial charge is 0.508 e. The van der Waals surface area contributed by atoms with Crippen molar-refractivity contribution in [1.29, 1.82) is 0 Å². The van der Waals surface area contributed by atoms with Crippen LogP contribution in [-0.2, 0) is 23.8 Å². The van der Waals surface area contributed by atoms with Gasteiger partial charge in [-0.3, -0.25) is 8.98 Å². The van der Waals surface area contributed by atoms with Crippen LogP contribution in [0, 0.1) is 6.92 Å². The van der Waals surface area contributed by atoms with Crippen LogP contribution in [0.15, 0.2) is 18.2 Å². The van der Waals surface area contributed by atoms with Crippen molar-refractivity contribution in [2.75, 3.05) is 19.5 Å². The Morgan fingerprint density at radius 3 is 2.60 bits per heavy atom. The SMILES string of the molecule is Cc1c(O)cccc1C(=O)N[C@H]1COC(C)(C)OC[C@@H]1OS(C)(=O)=O. The monoisotopic (exact) mass is 373 g/mol. The second-order valence-corrected chi connectivity index (χ2v) is 7.99. The fourth-order valence-electron chi connectivity index (χ4n) is 2.41. The van der Waals surface area contributed by atoms with Crippen molar-refractivity contribution < 1.29 is 32.0 Å². The van der Waals surface area contributed by atoms with E-state index in [2.05, 4.69) is 5.32 Å². The quantitative estimate of drug-likeness (QED) is 0.755. The molecule has 0 spiro atoms. The standard InChI is InChI=1S/C16H23NO7S/c1-10-11(6-5-7-13(10)18)15(19)17-12-8-22-16(2,3)23-9-14(12)24-25(4,20)21/h5-7,12,14,18H,8-9H2,1-4H3,(H,17,19)/t12-,14-/m0/s1.